The van der Waals surface area contributed by atoms with E-state index in [0.29, 0.717) is 29.1 Å². The van der Waals surface area contributed by atoms with Crippen molar-refractivity contribution in [2.75, 3.05) is 19.6 Å². The maximum absolute atomic E-state index is 12.0. The van der Waals surface area contributed by atoms with Crippen molar-refractivity contribution < 1.29 is 9.21 Å². The van der Waals surface area contributed by atoms with Crippen LogP contribution in [0.2, 0.25) is 5.02 Å². The molecule has 2 N–H and O–H groups in total. The summed E-state index contributed by atoms with van der Waals surface area (Å²) in [6, 6.07) is 7.26. The summed E-state index contributed by atoms with van der Waals surface area (Å²) >= 11 is 5.87. The third-order valence-corrected chi connectivity index (χ3v) is 4.51. The molecule has 0 bridgehead atoms. The molecule has 1 fully saturated rings. The van der Waals surface area contributed by atoms with Crippen molar-refractivity contribution in [3.63, 3.8) is 0 Å². The zero-order valence-electron chi connectivity index (χ0n) is 14.0. The Bertz CT molecular complexity index is 667. The molecule has 136 valence electrons. The predicted molar refractivity (Wildman–Crippen MR) is 101 cm³/mol. The summed E-state index contributed by atoms with van der Waals surface area (Å²) in [5.74, 6) is 1.15. The lowest BCUT2D eigenvalue weighted by Crippen LogP contribution is -2.33. The molecule has 0 saturated carbocycles. The molecule has 0 aliphatic carbocycles. The van der Waals surface area contributed by atoms with E-state index in [1.165, 1.54) is 19.1 Å². The van der Waals surface area contributed by atoms with Crippen molar-refractivity contribution in [2.24, 2.45) is 5.92 Å². The Morgan fingerprint density at radius 1 is 1.36 bits per heavy atom. The van der Waals surface area contributed by atoms with Crippen LogP contribution in [0.5, 0.6) is 0 Å². The molecular weight excluding hydrogens is 361 g/mol. The number of carbonyl (C=O) groups is 1. The summed E-state index contributed by atoms with van der Waals surface area (Å²) in [4.78, 5) is 16.4. The predicted octanol–water partition coefficient (Wildman–Crippen LogP) is 3.47. The highest BCUT2D eigenvalue weighted by atomic mass is 35.5. The number of aromatic nitrogens is 1. The normalized spacial score (nSPS) is 16.9. The van der Waals surface area contributed by atoms with Crippen LogP contribution in [0.1, 0.15) is 25.0 Å². The van der Waals surface area contributed by atoms with E-state index in [1.807, 2.05) is 12.1 Å². The highest BCUT2D eigenvalue weighted by Gasteiger charge is 2.14. The number of hydrogen-bond acceptors (Lipinski definition) is 4. The van der Waals surface area contributed by atoms with Crippen LogP contribution in [0.15, 0.2) is 34.9 Å². The van der Waals surface area contributed by atoms with Crippen LogP contribution in [-0.4, -0.2) is 30.5 Å². The molecule has 5 nitrogen and oxygen atoms in total. The number of benzene rings is 1. The summed E-state index contributed by atoms with van der Waals surface area (Å²) in [6.07, 6.45) is 5.27. The van der Waals surface area contributed by atoms with Crippen molar-refractivity contribution in [3.8, 4) is 11.5 Å². The summed E-state index contributed by atoms with van der Waals surface area (Å²) in [5.41, 5.74) is 1.48. The Hall–Kier alpha value is -1.56. The minimum atomic E-state index is -0.0188. The minimum absolute atomic E-state index is 0. The van der Waals surface area contributed by atoms with E-state index in [2.05, 4.69) is 15.6 Å². The summed E-state index contributed by atoms with van der Waals surface area (Å²) < 4.78 is 5.45. The molecule has 1 aromatic carbocycles. The van der Waals surface area contributed by atoms with E-state index in [0.717, 1.165) is 25.1 Å². The first-order valence-corrected chi connectivity index (χ1v) is 8.76. The van der Waals surface area contributed by atoms with Gasteiger partial charge in [0.15, 0.2) is 0 Å². The summed E-state index contributed by atoms with van der Waals surface area (Å²) in [7, 11) is 0. The largest absolute Gasteiger partial charge is 0.444 e. The van der Waals surface area contributed by atoms with Crippen LogP contribution < -0.4 is 10.6 Å². The Kier molecular flexibility index (Phi) is 7.75. The fraction of sp³-hybridized carbons (Fsp3) is 0.444. The highest BCUT2D eigenvalue weighted by Crippen LogP contribution is 2.21. The molecule has 2 heterocycles. The molecule has 0 spiro atoms. The smallest absolute Gasteiger partial charge is 0.226 e. The van der Waals surface area contributed by atoms with Crippen LogP contribution in [0, 0.1) is 5.92 Å². The van der Waals surface area contributed by atoms with Crippen molar-refractivity contribution in [2.45, 2.75) is 25.7 Å². The van der Waals surface area contributed by atoms with E-state index in [4.69, 9.17) is 16.0 Å². The Balaban J connectivity index is 0.00000225. The van der Waals surface area contributed by atoms with E-state index < -0.39 is 0 Å². The van der Waals surface area contributed by atoms with Gasteiger partial charge in [0, 0.05) is 17.1 Å². The van der Waals surface area contributed by atoms with Gasteiger partial charge in [-0.05, 0) is 62.5 Å². The lowest BCUT2D eigenvalue weighted by molar-refractivity contribution is -0.120. The van der Waals surface area contributed by atoms with Crippen molar-refractivity contribution >= 4 is 29.9 Å². The minimum Gasteiger partial charge on any atom is -0.444 e. The topological polar surface area (TPSA) is 67.2 Å². The van der Waals surface area contributed by atoms with Gasteiger partial charge in [-0.25, -0.2) is 4.98 Å². The molecule has 7 heteroatoms. The lowest BCUT2D eigenvalue weighted by Gasteiger charge is -2.22. The van der Waals surface area contributed by atoms with E-state index in [9.17, 15) is 4.79 Å². The van der Waals surface area contributed by atoms with Gasteiger partial charge in [0.05, 0.1) is 12.1 Å². The monoisotopic (exact) mass is 383 g/mol. The van der Waals surface area contributed by atoms with Crippen LogP contribution in [0.4, 0.5) is 0 Å². The second-order valence-corrected chi connectivity index (χ2v) is 6.62. The van der Waals surface area contributed by atoms with Gasteiger partial charge in [-0.2, -0.15) is 0 Å². The van der Waals surface area contributed by atoms with Gasteiger partial charge in [-0.1, -0.05) is 11.6 Å². The molecule has 1 amide bonds. The maximum atomic E-state index is 12.0. The molecule has 3 rings (SSSR count). The lowest BCUT2D eigenvalue weighted by atomic mass is 9.96. The Morgan fingerprint density at radius 3 is 2.88 bits per heavy atom. The molecule has 25 heavy (non-hydrogen) atoms. The molecule has 1 atom stereocenters. The van der Waals surface area contributed by atoms with Crippen LogP contribution in [0.3, 0.4) is 0 Å². The number of oxazole rings is 1. The highest BCUT2D eigenvalue weighted by molar-refractivity contribution is 6.30. The average Bonchev–Trinajstić information content (AvgIpc) is 3.05. The van der Waals surface area contributed by atoms with Crippen LogP contribution in [0.25, 0.3) is 11.5 Å². The number of nitrogens with zero attached hydrogens (tertiary/aromatic N) is 1. The third kappa shape index (κ3) is 6.03. The van der Waals surface area contributed by atoms with Crippen molar-refractivity contribution in [1.82, 2.24) is 15.6 Å². The fourth-order valence-corrected chi connectivity index (χ4v) is 3.05. The molecule has 1 aromatic heterocycles. The standard InChI is InChI=1S/C18H22ClN3O2.ClH/c19-15-5-3-14(4-6-15)18-22-16(12-24-18)10-17(23)21-9-7-13-2-1-8-20-11-13;/h3-6,12-13,20H,1-2,7-11H2,(H,21,23);1H. The molecule has 2 aromatic rings. The maximum Gasteiger partial charge on any atom is 0.226 e. The molecule has 1 unspecified atom stereocenters. The van der Waals surface area contributed by atoms with E-state index in [1.54, 1.807) is 12.1 Å². The first-order valence-electron chi connectivity index (χ1n) is 8.38. The molecule has 0 radical (unpaired) electrons. The first-order chi connectivity index (χ1) is 11.7. The number of hydrogen-bond donors (Lipinski definition) is 2. The van der Waals surface area contributed by atoms with Gasteiger partial charge in [0.1, 0.15) is 6.26 Å². The number of rotatable bonds is 6. The summed E-state index contributed by atoms with van der Waals surface area (Å²) in [5, 5.41) is 7.03. The van der Waals surface area contributed by atoms with Gasteiger partial charge in [0.25, 0.3) is 0 Å². The van der Waals surface area contributed by atoms with Crippen molar-refractivity contribution in [1.29, 1.82) is 0 Å². The average molecular weight is 384 g/mol. The second-order valence-electron chi connectivity index (χ2n) is 6.18. The van der Waals surface area contributed by atoms with Gasteiger partial charge in [-0.15, -0.1) is 12.4 Å². The molecule has 1 aliphatic rings. The van der Waals surface area contributed by atoms with E-state index >= 15 is 0 Å². The van der Waals surface area contributed by atoms with Crippen LogP contribution in [-0.2, 0) is 11.2 Å². The van der Waals surface area contributed by atoms with E-state index in [-0.39, 0.29) is 24.7 Å². The Labute approximate surface area is 158 Å². The van der Waals surface area contributed by atoms with Gasteiger partial charge < -0.3 is 15.1 Å². The number of amides is 1. The first kappa shape index (κ1) is 19.8. The Morgan fingerprint density at radius 2 is 2.16 bits per heavy atom. The number of carbonyl (C=O) groups excluding carboxylic acids is 1. The van der Waals surface area contributed by atoms with Gasteiger partial charge in [-0.3, -0.25) is 4.79 Å². The summed E-state index contributed by atoms with van der Waals surface area (Å²) in [6.45, 7) is 2.89. The van der Waals surface area contributed by atoms with Crippen LogP contribution >= 0.6 is 24.0 Å². The number of halogens is 2. The molecular formula is C18H23Cl2N3O2. The second kappa shape index (κ2) is 9.80. The third-order valence-electron chi connectivity index (χ3n) is 4.26. The zero-order valence-corrected chi connectivity index (χ0v) is 15.5. The van der Waals surface area contributed by atoms with Crippen molar-refractivity contribution in [3.05, 3.63) is 41.2 Å². The quantitative estimate of drug-likeness (QED) is 0.801. The zero-order chi connectivity index (χ0) is 16.8. The van der Waals surface area contributed by atoms with Gasteiger partial charge in [0.2, 0.25) is 11.8 Å². The van der Waals surface area contributed by atoms with Gasteiger partial charge >= 0.3 is 0 Å². The SMILES string of the molecule is Cl.O=C(Cc1coc(-c2ccc(Cl)cc2)n1)NCCC1CCCNC1. The number of piperidine rings is 1. The fourth-order valence-electron chi connectivity index (χ4n) is 2.93. The molecule has 1 aliphatic heterocycles. The molecule has 1 saturated heterocycles. The number of nitrogens with one attached hydrogen (secondary N) is 2.